The first-order chi connectivity index (χ1) is 11.7. The Morgan fingerprint density at radius 2 is 1.96 bits per heavy atom. The standard InChI is InChI=1S/C19H15BrN2O2/c20-14-6-3-5-13(11-14)18-21-17-9-2-1-8-16(17)19(23)22(18)12-15-7-4-10-24-15/h1-11,18,21H,12H2/t18-/m1/s1. The molecule has 1 atom stereocenters. The van der Waals surface area contributed by atoms with Gasteiger partial charge in [-0.1, -0.05) is 40.2 Å². The van der Waals surface area contributed by atoms with Gasteiger partial charge in [0.2, 0.25) is 0 Å². The predicted molar refractivity (Wildman–Crippen MR) is 95.5 cm³/mol. The van der Waals surface area contributed by atoms with E-state index in [9.17, 15) is 4.79 Å². The first kappa shape index (κ1) is 15.0. The summed E-state index contributed by atoms with van der Waals surface area (Å²) in [4.78, 5) is 14.8. The minimum Gasteiger partial charge on any atom is -0.467 e. The SMILES string of the molecule is O=C1c2ccccc2N[C@@H](c2cccc(Br)c2)N1Cc1ccco1. The molecular formula is C19H15BrN2O2. The summed E-state index contributed by atoms with van der Waals surface area (Å²) in [6.45, 7) is 0.407. The van der Waals surface area contributed by atoms with E-state index in [1.54, 1.807) is 11.2 Å². The summed E-state index contributed by atoms with van der Waals surface area (Å²) in [5, 5.41) is 3.48. The smallest absolute Gasteiger partial charge is 0.258 e. The number of hydrogen-bond donors (Lipinski definition) is 1. The number of benzene rings is 2. The lowest BCUT2D eigenvalue weighted by atomic mass is 10.0. The van der Waals surface area contributed by atoms with Crippen LogP contribution in [0.2, 0.25) is 0 Å². The second-order valence-corrected chi connectivity index (χ2v) is 6.58. The van der Waals surface area contributed by atoms with Crippen LogP contribution in [0.4, 0.5) is 5.69 Å². The number of nitrogens with zero attached hydrogens (tertiary/aromatic N) is 1. The lowest BCUT2D eigenvalue weighted by Gasteiger charge is -2.37. The second-order valence-electron chi connectivity index (χ2n) is 5.66. The zero-order valence-electron chi connectivity index (χ0n) is 12.8. The van der Waals surface area contributed by atoms with Crippen molar-refractivity contribution >= 4 is 27.5 Å². The van der Waals surface area contributed by atoms with Gasteiger partial charge in [0.1, 0.15) is 11.9 Å². The summed E-state index contributed by atoms with van der Waals surface area (Å²) in [5.74, 6) is 0.746. The molecule has 5 heteroatoms. The van der Waals surface area contributed by atoms with Crippen molar-refractivity contribution < 1.29 is 9.21 Å². The summed E-state index contributed by atoms with van der Waals surface area (Å²) < 4.78 is 6.43. The third kappa shape index (κ3) is 2.71. The van der Waals surface area contributed by atoms with Gasteiger partial charge in [0.15, 0.2) is 0 Å². The van der Waals surface area contributed by atoms with E-state index < -0.39 is 0 Å². The number of nitrogens with one attached hydrogen (secondary N) is 1. The molecule has 24 heavy (non-hydrogen) atoms. The molecule has 1 aliphatic heterocycles. The van der Waals surface area contributed by atoms with Gasteiger partial charge in [-0.25, -0.2) is 0 Å². The number of carbonyl (C=O) groups excluding carboxylic acids is 1. The molecule has 1 amide bonds. The molecule has 2 aromatic carbocycles. The molecule has 0 spiro atoms. The van der Waals surface area contributed by atoms with E-state index in [-0.39, 0.29) is 12.1 Å². The van der Waals surface area contributed by atoms with Gasteiger partial charge in [0, 0.05) is 10.2 Å². The van der Waals surface area contributed by atoms with E-state index in [1.165, 1.54) is 0 Å². The number of halogens is 1. The van der Waals surface area contributed by atoms with Gasteiger partial charge < -0.3 is 14.6 Å². The Hall–Kier alpha value is -2.53. The van der Waals surface area contributed by atoms with Crippen molar-refractivity contribution in [1.29, 1.82) is 0 Å². The summed E-state index contributed by atoms with van der Waals surface area (Å²) >= 11 is 3.51. The number of furan rings is 1. The highest BCUT2D eigenvalue weighted by atomic mass is 79.9. The number of anilines is 1. The molecule has 0 fully saturated rings. The Bertz CT molecular complexity index is 877. The van der Waals surface area contributed by atoms with E-state index in [0.717, 1.165) is 21.5 Å². The molecule has 1 aliphatic rings. The second kappa shape index (κ2) is 6.17. The van der Waals surface area contributed by atoms with E-state index in [2.05, 4.69) is 21.2 Å². The van der Waals surface area contributed by atoms with E-state index in [4.69, 9.17) is 4.42 Å². The molecular weight excluding hydrogens is 368 g/mol. The van der Waals surface area contributed by atoms with Crippen LogP contribution in [-0.4, -0.2) is 10.8 Å². The highest BCUT2D eigenvalue weighted by molar-refractivity contribution is 9.10. The Kier molecular flexibility index (Phi) is 3.86. The molecule has 4 rings (SSSR count). The van der Waals surface area contributed by atoms with Crippen LogP contribution in [0.5, 0.6) is 0 Å². The first-order valence-electron chi connectivity index (χ1n) is 7.67. The topological polar surface area (TPSA) is 45.5 Å². The van der Waals surface area contributed by atoms with Crippen molar-refractivity contribution in [2.24, 2.45) is 0 Å². The minimum absolute atomic E-state index is 0.00859. The fraction of sp³-hybridized carbons (Fsp3) is 0.105. The average molecular weight is 383 g/mol. The van der Waals surface area contributed by atoms with Crippen LogP contribution < -0.4 is 5.32 Å². The Labute approximate surface area is 148 Å². The molecule has 0 aliphatic carbocycles. The number of rotatable bonds is 3. The minimum atomic E-state index is -0.255. The number of carbonyl (C=O) groups is 1. The van der Waals surface area contributed by atoms with Crippen LogP contribution in [0.25, 0.3) is 0 Å². The molecule has 1 aromatic heterocycles. The van der Waals surface area contributed by atoms with Crippen LogP contribution in [0.15, 0.2) is 75.8 Å². The monoisotopic (exact) mass is 382 g/mol. The molecule has 0 radical (unpaired) electrons. The fourth-order valence-electron chi connectivity index (χ4n) is 2.97. The van der Waals surface area contributed by atoms with Crippen LogP contribution in [0.1, 0.15) is 27.8 Å². The highest BCUT2D eigenvalue weighted by Crippen LogP contribution is 2.34. The average Bonchev–Trinajstić information content (AvgIpc) is 3.10. The molecule has 1 N–H and O–H groups in total. The maximum Gasteiger partial charge on any atom is 0.258 e. The summed E-state index contributed by atoms with van der Waals surface area (Å²) in [7, 11) is 0. The largest absolute Gasteiger partial charge is 0.467 e. The zero-order chi connectivity index (χ0) is 16.5. The summed E-state index contributed by atoms with van der Waals surface area (Å²) in [6, 6.07) is 19.3. The van der Waals surface area contributed by atoms with Crippen molar-refractivity contribution in [3.63, 3.8) is 0 Å². The van der Waals surface area contributed by atoms with Crippen molar-refractivity contribution in [1.82, 2.24) is 4.90 Å². The third-order valence-electron chi connectivity index (χ3n) is 4.09. The fourth-order valence-corrected chi connectivity index (χ4v) is 3.38. The van der Waals surface area contributed by atoms with Crippen molar-refractivity contribution in [2.75, 3.05) is 5.32 Å². The lowest BCUT2D eigenvalue weighted by molar-refractivity contribution is 0.0651. The number of amides is 1. The number of fused-ring (bicyclic) bond motifs is 1. The van der Waals surface area contributed by atoms with Gasteiger partial charge in [-0.05, 0) is 42.0 Å². The van der Waals surface area contributed by atoms with Crippen LogP contribution in [0.3, 0.4) is 0 Å². The lowest BCUT2D eigenvalue weighted by Crippen LogP contribution is -2.42. The molecule has 2 heterocycles. The zero-order valence-corrected chi connectivity index (χ0v) is 14.4. The van der Waals surface area contributed by atoms with E-state index >= 15 is 0 Å². The predicted octanol–water partition coefficient (Wildman–Crippen LogP) is 4.81. The normalized spacial score (nSPS) is 16.6. The molecule has 0 saturated carbocycles. The van der Waals surface area contributed by atoms with Gasteiger partial charge in [0.05, 0.1) is 18.4 Å². The van der Waals surface area contributed by atoms with Crippen LogP contribution >= 0.6 is 15.9 Å². The van der Waals surface area contributed by atoms with Gasteiger partial charge in [-0.15, -0.1) is 0 Å². The molecule has 0 unspecified atom stereocenters. The van der Waals surface area contributed by atoms with Gasteiger partial charge in [0.25, 0.3) is 5.91 Å². The maximum absolute atomic E-state index is 13.0. The Morgan fingerprint density at radius 3 is 2.75 bits per heavy atom. The Balaban J connectivity index is 1.78. The molecule has 0 bridgehead atoms. The van der Waals surface area contributed by atoms with Crippen LogP contribution in [-0.2, 0) is 6.54 Å². The van der Waals surface area contributed by atoms with Crippen molar-refractivity contribution in [2.45, 2.75) is 12.7 Å². The molecule has 120 valence electrons. The number of hydrogen-bond acceptors (Lipinski definition) is 3. The molecule has 4 nitrogen and oxygen atoms in total. The number of para-hydroxylation sites is 1. The third-order valence-corrected chi connectivity index (χ3v) is 4.59. The van der Waals surface area contributed by atoms with Crippen molar-refractivity contribution in [3.8, 4) is 0 Å². The first-order valence-corrected chi connectivity index (χ1v) is 8.46. The Morgan fingerprint density at radius 1 is 1.08 bits per heavy atom. The highest BCUT2D eigenvalue weighted by Gasteiger charge is 2.33. The van der Waals surface area contributed by atoms with Gasteiger partial charge in [-0.3, -0.25) is 4.79 Å². The van der Waals surface area contributed by atoms with E-state index in [1.807, 2.05) is 60.7 Å². The molecule has 3 aromatic rings. The van der Waals surface area contributed by atoms with Gasteiger partial charge >= 0.3 is 0 Å². The summed E-state index contributed by atoms with van der Waals surface area (Å²) in [5.41, 5.74) is 2.54. The van der Waals surface area contributed by atoms with Gasteiger partial charge in [-0.2, -0.15) is 0 Å². The summed E-state index contributed by atoms with van der Waals surface area (Å²) in [6.07, 6.45) is 1.37. The molecule has 0 saturated heterocycles. The van der Waals surface area contributed by atoms with Crippen molar-refractivity contribution in [3.05, 3.63) is 88.3 Å². The van der Waals surface area contributed by atoms with E-state index in [0.29, 0.717) is 12.1 Å². The van der Waals surface area contributed by atoms with Crippen LogP contribution in [0, 0.1) is 0 Å². The quantitative estimate of drug-likeness (QED) is 0.706. The maximum atomic E-state index is 13.0.